The van der Waals surface area contributed by atoms with Crippen LogP contribution >= 0.6 is 7.82 Å². The summed E-state index contributed by atoms with van der Waals surface area (Å²) < 4.78 is 35.5. The number of nitrogens with two attached hydrogens (primary N) is 1. The highest BCUT2D eigenvalue weighted by atomic mass is 31.2. The van der Waals surface area contributed by atoms with E-state index in [1.165, 1.54) is 13.1 Å². The molecule has 0 saturated carbocycles. The number of phosphoric ester groups is 1. The van der Waals surface area contributed by atoms with Gasteiger partial charge in [0, 0.05) is 23.1 Å². The van der Waals surface area contributed by atoms with Crippen molar-refractivity contribution in [2.45, 2.75) is 56.3 Å². The van der Waals surface area contributed by atoms with Crippen LogP contribution in [0.25, 0.3) is 10.4 Å². The van der Waals surface area contributed by atoms with E-state index in [0.717, 1.165) is 15.6 Å². The van der Waals surface area contributed by atoms with Gasteiger partial charge in [0.1, 0.15) is 30.9 Å². The van der Waals surface area contributed by atoms with Gasteiger partial charge < -0.3 is 30.3 Å². The summed E-state index contributed by atoms with van der Waals surface area (Å²) in [6.45, 7) is 0.171. The van der Waals surface area contributed by atoms with Crippen LogP contribution in [-0.2, 0) is 23.1 Å². The fourth-order valence-corrected chi connectivity index (χ4v) is 4.74. The van der Waals surface area contributed by atoms with Crippen molar-refractivity contribution in [2.24, 2.45) is 10.8 Å². The number of aliphatic hydroxyl groups excluding tert-OH is 2. The van der Waals surface area contributed by atoms with Crippen LogP contribution in [0.5, 0.6) is 0 Å². The predicted octanol–water partition coefficient (Wildman–Crippen LogP) is -2.05. The number of H-pyrrole nitrogens is 1. The summed E-state index contributed by atoms with van der Waals surface area (Å²) in [5.41, 5.74) is 12.8. The number of rotatable bonds is 10. The Kier molecular flexibility index (Phi) is 8.31. The molecule has 0 bridgehead atoms. The second-order valence-electron chi connectivity index (χ2n) is 8.63. The van der Waals surface area contributed by atoms with E-state index in [4.69, 9.17) is 29.8 Å². The highest BCUT2D eigenvalue weighted by Gasteiger charge is 2.46. The monoisotopic (exact) mass is 573 g/mol. The van der Waals surface area contributed by atoms with Crippen molar-refractivity contribution in [3.63, 3.8) is 0 Å². The summed E-state index contributed by atoms with van der Waals surface area (Å²) in [7, 11) is -4.80. The summed E-state index contributed by atoms with van der Waals surface area (Å²) in [6, 6.07) is -0.900. The lowest BCUT2D eigenvalue weighted by Crippen LogP contribution is -2.34. The van der Waals surface area contributed by atoms with Crippen LogP contribution in [0.2, 0.25) is 0 Å². The maximum absolute atomic E-state index is 12.5. The van der Waals surface area contributed by atoms with Gasteiger partial charge in [-0.15, -0.1) is 5.10 Å². The Hall–Kier alpha value is -3.45. The number of hydrogen-bond acceptors (Lipinski definition) is 13. The lowest BCUT2D eigenvalue weighted by molar-refractivity contribution is -0.0615. The molecule has 21 heteroatoms. The average molecular weight is 573 g/mol. The predicted molar refractivity (Wildman–Crippen MR) is 124 cm³/mol. The number of carbonyl (C=O) groups excluding carboxylic acids is 1. The fourth-order valence-electron chi connectivity index (χ4n) is 3.99. The third-order valence-electron chi connectivity index (χ3n) is 5.99. The Balaban J connectivity index is 1.35. The zero-order chi connectivity index (χ0) is 28.5. The minimum Gasteiger partial charge on any atom is -0.387 e. The molecule has 0 radical (unpaired) electrons. The number of nitrogens with zero attached hydrogens (tertiary/aromatic N) is 7. The number of primary amides is 1. The molecule has 2 aliphatic heterocycles. The second-order valence-corrected chi connectivity index (χ2v) is 10.1. The van der Waals surface area contributed by atoms with Crippen LogP contribution < -0.4 is 17.0 Å². The SMILES string of the molecule is Cc1cn([C@H]2C[C@H](N=[N+]=[N-])[C@@H](COP(=O)(O)OC[C@H]3O[C@@H](n4cnc(C(N)=O)n4)[C@H](O)[C@@H]3O)O2)c(=O)[nH]c1=O. The lowest BCUT2D eigenvalue weighted by atomic mass is 10.1. The molecule has 2 aromatic heterocycles. The minimum atomic E-state index is -4.80. The van der Waals surface area contributed by atoms with Crippen molar-refractivity contribution < 1.29 is 43.0 Å². The Morgan fingerprint density at radius 3 is 2.64 bits per heavy atom. The normalized spacial score (nSPS) is 30.1. The van der Waals surface area contributed by atoms with E-state index < -0.39 is 81.1 Å². The molecular formula is C18H24N9O11P. The molecule has 2 fully saturated rings. The van der Waals surface area contributed by atoms with Gasteiger partial charge in [-0.3, -0.25) is 28.2 Å². The Morgan fingerprint density at radius 1 is 1.31 bits per heavy atom. The van der Waals surface area contributed by atoms with E-state index in [0.29, 0.717) is 0 Å². The molecule has 6 N–H and O–H groups in total. The summed E-state index contributed by atoms with van der Waals surface area (Å²) in [4.78, 5) is 53.6. The molecular weight excluding hydrogens is 549 g/mol. The van der Waals surface area contributed by atoms with Gasteiger partial charge >= 0.3 is 13.5 Å². The molecule has 4 rings (SSSR count). The van der Waals surface area contributed by atoms with Crippen molar-refractivity contribution in [1.29, 1.82) is 0 Å². The summed E-state index contributed by atoms with van der Waals surface area (Å²) in [6.07, 6.45) is -5.48. The van der Waals surface area contributed by atoms with Gasteiger partial charge in [-0.1, -0.05) is 5.11 Å². The van der Waals surface area contributed by atoms with Crippen molar-refractivity contribution in [1.82, 2.24) is 24.3 Å². The zero-order valence-electron chi connectivity index (χ0n) is 20.1. The third kappa shape index (κ3) is 6.25. The highest BCUT2D eigenvalue weighted by Crippen LogP contribution is 2.45. The number of aryl methyl sites for hydroxylation is 1. The first-order valence-electron chi connectivity index (χ1n) is 11.3. The molecule has 39 heavy (non-hydrogen) atoms. The number of aliphatic hydroxyl groups is 2. The quantitative estimate of drug-likeness (QED) is 0.0886. The molecule has 8 atom stereocenters. The van der Waals surface area contributed by atoms with E-state index in [1.54, 1.807) is 0 Å². The van der Waals surface area contributed by atoms with E-state index in [2.05, 4.69) is 25.1 Å². The molecule has 2 aliphatic rings. The minimum absolute atomic E-state index is 0.00119. The molecule has 4 heterocycles. The maximum Gasteiger partial charge on any atom is 0.472 e. The number of azide groups is 1. The van der Waals surface area contributed by atoms with E-state index in [-0.39, 0.29) is 17.8 Å². The molecule has 0 spiro atoms. The topological polar surface area (TPSA) is 292 Å². The standard InChI is InChI=1S/C18H24N9O11P/c1-7-3-26(18(32)22-16(7)31)11-2-8(23-25-20)9(37-11)4-35-39(33,34)36-5-10-12(28)13(29)17(38-10)27-6-21-15(24-27)14(19)30/h3,6,8-13,17,28-29H,2,4-5H2,1H3,(H2,19,30)(H,33,34)(H,22,31,32)/t8-,9+,10+,11+,12+,13+,17+/m0/s1. The first kappa shape index (κ1) is 28.6. The first-order chi connectivity index (χ1) is 18.4. The molecule has 20 nitrogen and oxygen atoms in total. The van der Waals surface area contributed by atoms with Crippen LogP contribution in [-0.4, -0.2) is 89.0 Å². The van der Waals surface area contributed by atoms with Crippen LogP contribution in [0, 0.1) is 6.92 Å². The van der Waals surface area contributed by atoms with Gasteiger partial charge in [-0.2, -0.15) is 0 Å². The molecule has 1 amide bonds. The number of aromatic amines is 1. The molecule has 2 saturated heterocycles. The number of ether oxygens (including phenoxy) is 2. The second kappa shape index (κ2) is 11.3. The van der Waals surface area contributed by atoms with Gasteiger partial charge in [-0.25, -0.2) is 19.0 Å². The Bertz CT molecular complexity index is 1440. The average Bonchev–Trinajstić information content (AvgIpc) is 3.58. The smallest absolute Gasteiger partial charge is 0.387 e. The number of aromatic nitrogens is 5. The van der Waals surface area contributed by atoms with E-state index in [1.807, 2.05) is 0 Å². The number of nitrogens with one attached hydrogen (secondary N) is 1. The third-order valence-corrected chi connectivity index (χ3v) is 6.94. The number of phosphoric acid groups is 1. The van der Waals surface area contributed by atoms with Crippen LogP contribution in [0.15, 0.2) is 27.2 Å². The van der Waals surface area contributed by atoms with Gasteiger partial charge in [0.05, 0.1) is 25.4 Å². The molecule has 212 valence electrons. The molecule has 2 aromatic rings. The summed E-state index contributed by atoms with van der Waals surface area (Å²) in [5.74, 6) is -1.29. The van der Waals surface area contributed by atoms with Gasteiger partial charge in [-0.05, 0) is 12.5 Å². The van der Waals surface area contributed by atoms with E-state index in [9.17, 15) is 34.1 Å². The molecule has 0 aromatic carbocycles. The maximum atomic E-state index is 12.5. The van der Waals surface area contributed by atoms with Crippen molar-refractivity contribution >= 4 is 13.7 Å². The van der Waals surface area contributed by atoms with Gasteiger partial charge in [0.15, 0.2) is 6.23 Å². The summed E-state index contributed by atoms with van der Waals surface area (Å²) >= 11 is 0. The van der Waals surface area contributed by atoms with Crippen molar-refractivity contribution in [2.75, 3.05) is 13.2 Å². The number of amides is 1. The van der Waals surface area contributed by atoms with Gasteiger partial charge in [0.2, 0.25) is 5.82 Å². The van der Waals surface area contributed by atoms with E-state index >= 15 is 0 Å². The summed E-state index contributed by atoms with van der Waals surface area (Å²) in [5, 5.41) is 27.8. The van der Waals surface area contributed by atoms with Crippen molar-refractivity contribution in [3.05, 3.63) is 55.2 Å². The lowest BCUT2D eigenvalue weighted by Gasteiger charge is -2.20. The highest BCUT2D eigenvalue weighted by molar-refractivity contribution is 7.47. The fraction of sp³-hybridized carbons (Fsp3) is 0.611. The molecule has 1 unspecified atom stereocenters. The Morgan fingerprint density at radius 2 is 2.00 bits per heavy atom. The van der Waals surface area contributed by atoms with Crippen molar-refractivity contribution in [3.8, 4) is 0 Å². The molecule has 0 aliphatic carbocycles. The first-order valence-corrected chi connectivity index (χ1v) is 12.8. The zero-order valence-corrected chi connectivity index (χ0v) is 21.0. The van der Waals surface area contributed by atoms with Crippen LogP contribution in [0.3, 0.4) is 0 Å². The largest absolute Gasteiger partial charge is 0.472 e. The van der Waals surface area contributed by atoms with Crippen LogP contribution in [0.4, 0.5) is 0 Å². The van der Waals surface area contributed by atoms with Crippen LogP contribution in [0.1, 0.15) is 35.1 Å². The number of carbonyl (C=O) groups is 1. The van der Waals surface area contributed by atoms with Gasteiger partial charge in [0.25, 0.3) is 11.5 Å². The Labute approximate surface area is 217 Å². The number of hydrogen-bond donors (Lipinski definition) is 5.